The van der Waals surface area contributed by atoms with Crippen LogP contribution in [-0.4, -0.2) is 57.5 Å². The molecule has 1 aromatic heterocycles. The van der Waals surface area contributed by atoms with Gasteiger partial charge in [-0.15, -0.1) is 10.2 Å². The van der Waals surface area contributed by atoms with Gasteiger partial charge in [-0.25, -0.2) is 0 Å². The fourth-order valence-corrected chi connectivity index (χ4v) is 3.38. The number of hydrogen-bond donors (Lipinski definition) is 0. The number of nitrogens with zero attached hydrogens (tertiary/aromatic N) is 4. The Hall–Kier alpha value is -1.47. The van der Waals surface area contributed by atoms with Crippen LogP contribution < -0.4 is 0 Å². The maximum absolute atomic E-state index is 12.8. The van der Waals surface area contributed by atoms with Crippen LogP contribution >= 0.6 is 0 Å². The molecule has 0 spiro atoms. The Balaban J connectivity index is 1.62. The lowest BCUT2D eigenvalue weighted by molar-refractivity contribution is -0.155. The SMILES string of the molecule is CC[C@@H](OC1CCCC1)C(=O)N1CCO[C@@H](c2nncn2C)C1. The van der Waals surface area contributed by atoms with Crippen molar-refractivity contribution in [1.82, 2.24) is 19.7 Å². The average molecular weight is 322 g/mol. The number of ether oxygens (including phenoxy) is 2. The van der Waals surface area contributed by atoms with E-state index in [0.717, 1.165) is 18.7 Å². The molecule has 0 radical (unpaired) electrons. The van der Waals surface area contributed by atoms with Gasteiger partial charge in [0.15, 0.2) is 5.82 Å². The summed E-state index contributed by atoms with van der Waals surface area (Å²) in [6.07, 6.45) is 6.63. The molecule has 0 bridgehead atoms. The van der Waals surface area contributed by atoms with E-state index in [1.165, 1.54) is 12.8 Å². The average Bonchev–Trinajstić information content (AvgIpc) is 3.23. The van der Waals surface area contributed by atoms with E-state index in [0.29, 0.717) is 26.1 Å². The molecule has 3 rings (SSSR count). The van der Waals surface area contributed by atoms with E-state index in [1.807, 2.05) is 23.4 Å². The number of rotatable bonds is 5. The van der Waals surface area contributed by atoms with Crippen LogP contribution in [0.3, 0.4) is 0 Å². The molecule has 1 saturated heterocycles. The molecule has 23 heavy (non-hydrogen) atoms. The number of carbonyl (C=O) groups is 1. The summed E-state index contributed by atoms with van der Waals surface area (Å²) < 4.78 is 13.7. The summed E-state index contributed by atoms with van der Waals surface area (Å²) in [5.74, 6) is 0.835. The first-order valence-electron chi connectivity index (χ1n) is 8.58. The van der Waals surface area contributed by atoms with Crippen molar-refractivity contribution in [2.24, 2.45) is 7.05 Å². The predicted molar refractivity (Wildman–Crippen MR) is 83.7 cm³/mol. The van der Waals surface area contributed by atoms with E-state index >= 15 is 0 Å². The highest BCUT2D eigenvalue weighted by molar-refractivity contribution is 5.81. The number of carbonyl (C=O) groups excluding carboxylic acids is 1. The summed E-state index contributed by atoms with van der Waals surface area (Å²) in [5, 5.41) is 7.99. The van der Waals surface area contributed by atoms with Crippen LogP contribution in [0, 0.1) is 0 Å². The van der Waals surface area contributed by atoms with Gasteiger partial charge in [0, 0.05) is 13.6 Å². The van der Waals surface area contributed by atoms with Crippen molar-refractivity contribution in [3.8, 4) is 0 Å². The molecule has 1 amide bonds. The maximum atomic E-state index is 12.8. The van der Waals surface area contributed by atoms with Crippen molar-refractivity contribution in [3.63, 3.8) is 0 Å². The molecule has 2 heterocycles. The van der Waals surface area contributed by atoms with Crippen molar-refractivity contribution >= 4 is 5.91 Å². The molecule has 1 aliphatic carbocycles. The largest absolute Gasteiger partial charge is 0.366 e. The van der Waals surface area contributed by atoms with Crippen molar-refractivity contribution in [1.29, 1.82) is 0 Å². The Morgan fingerprint density at radius 1 is 1.48 bits per heavy atom. The Morgan fingerprint density at radius 2 is 2.26 bits per heavy atom. The number of morpholine rings is 1. The number of hydrogen-bond acceptors (Lipinski definition) is 5. The van der Waals surface area contributed by atoms with Crippen LogP contribution in [0.2, 0.25) is 0 Å². The zero-order chi connectivity index (χ0) is 16.2. The Labute approximate surface area is 137 Å². The molecule has 7 nitrogen and oxygen atoms in total. The van der Waals surface area contributed by atoms with Crippen molar-refractivity contribution in [2.75, 3.05) is 19.7 Å². The minimum atomic E-state index is -0.337. The van der Waals surface area contributed by atoms with Gasteiger partial charge < -0.3 is 18.9 Å². The highest BCUT2D eigenvalue weighted by Crippen LogP contribution is 2.25. The Bertz CT molecular complexity index is 527. The molecule has 1 aliphatic heterocycles. The highest BCUT2D eigenvalue weighted by Gasteiger charge is 2.33. The lowest BCUT2D eigenvalue weighted by Gasteiger charge is -2.34. The summed E-state index contributed by atoms with van der Waals surface area (Å²) in [7, 11) is 1.89. The second kappa shape index (κ2) is 7.40. The van der Waals surface area contributed by atoms with Gasteiger partial charge in [-0.05, 0) is 19.3 Å². The first-order chi connectivity index (χ1) is 11.2. The van der Waals surface area contributed by atoms with Gasteiger partial charge >= 0.3 is 0 Å². The molecule has 2 aliphatic rings. The number of amides is 1. The topological polar surface area (TPSA) is 69.5 Å². The minimum absolute atomic E-state index is 0.0786. The maximum Gasteiger partial charge on any atom is 0.251 e. The van der Waals surface area contributed by atoms with E-state index < -0.39 is 0 Å². The molecule has 1 aromatic rings. The Kier molecular flexibility index (Phi) is 5.27. The third-order valence-electron chi connectivity index (χ3n) is 4.72. The van der Waals surface area contributed by atoms with Crippen LogP contribution in [0.4, 0.5) is 0 Å². The van der Waals surface area contributed by atoms with Crippen LogP contribution in [0.25, 0.3) is 0 Å². The fourth-order valence-electron chi connectivity index (χ4n) is 3.38. The molecule has 0 N–H and O–H groups in total. The van der Waals surface area contributed by atoms with Crippen LogP contribution in [0.5, 0.6) is 0 Å². The van der Waals surface area contributed by atoms with Crippen molar-refractivity contribution in [3.05, 3.63) is 12.2 Å². The normalized spacial score (nSPS) is 24.1. The first-order valence-corrected chi connectivity index (χ1v) is 8.58. The van der Waals surface area contributed by atoms with E-state index in [2.05, 4.69) is 10.2 Å². The summed E-state index contributed by atoms with van der Waals surface area (Å²) >= 11 is 0. The summed E-state index contributed by atoms with van der Waals surface area (Å²) in [6, 6.07) is 0. The smallest absolute Gasteiger partial charge is 0.251 e. The third kappa shape index (κ3) is 3.72. The molecular weight excluding hydrogens is 296 g/mol. The van der Waals surface area contributed by atoms with Crippen molar-refractivity contribution < 1.29 is 14.3 Å². The zero-order valence-corrected chi connectivity index (χ0v) is 14.0. The Morgan fingerprint density at radius 3 is 2.91 bits per heavy atom. The molecule has 7 heteroatoms. The van der Waals surface area contributed by atoms with Gasteiger partial charge in [-0.2, -0.15) is 0 Å². The second-order valence-electron chi connectivity index (χ2n) is 6.38. The predicted octanol–water partition coefficient (Wildman–Crippen LogP) is 1.45. The fraction of sp³-hybridized carbons (Fsp3) is 0.812. The quantitative estimate of drug-likeness (QED) is 0.821. The lowest BCUT2D eigenvalue weighted by atomic mass is 10.2. The van der Waals surface area contributed by atoms with E-state index in [1.54, 1.807) is 6.33 Å². The van der Waals surface area contributed by atoms with E-state index in [9.17, 15) is 4.79 Å². The van der Waals surface area contributed by atoms with Crippen LogP contribution in [0.1, 0.15) is 51.0 Å². The minimum Gasteiger partial charge on any atom is -0.366 e. The van der Waals surface area contributed by atoms with Gasteiger partial charge in [0.25, 0.3) is 5.91 Å². The van der Waals surface area contributed by atoms with Gasteiger partial charge in [0.05, 0.1) is 19.3 Å². The molecule has 0 aromatic carbocycles. The van der Waals surface area contributed by atoms with Crippen LogP contribution in [-0.2, 0) is 21.3 Å². The molecule has 1 saturated carbocycles. The standard InChI is InChI=1S/C16H26N4O3/c1-3-13(23-12-6-4-5-7-12)16(21)20-8-9-22-14(10-20)15-18-17-11-19(15)2/h11-14H,3-10H2,1-2H3/t13-,14-/m1/s1. The lowest BCUT2D eigenvalue weighted by Crippen LogP contribution is -2.48. The number of aryl methyl sites for hydroxylation is 1. The van der Waals surface area contributed by atoms with E-state index in [4.69, 9.17) is 9.47 Å². The molecular formula is C16H26N4O3. The summed E-state index contributed by atoms with van der Waals surface area (Å²) in [4.78, 5) is 14.7. The first kappa shape index (κ1) is 16.4. The summed E-state index contributed by atoms with van der Waals surface area (Å²) in [5.41, 5.74) is 0. The van der Waals surface area contributed by atoms with Gasteiger partial charge in [-0.3, -0.25) is 4.79 Å². The van der Waals surface area contributed by atoms with E-state index in [-0.39, 0.29) is 24.2 Å². The van der Waals surface area contributed by atoms with Crippen molar-refractivity contribution in [2.45, 2.75) is 57.3 Å². The highest BCUT2D eigenvalue weighted by atomic mass is 16.5. The third-order valence-corrected chi connectivity index (χ3v) is 4.72. The molecule has 2 fully saturated rings. The monoisotopic (exact) mass is 322 g/mol. The summed E-state index contributed by atoms with van der Waals surface area (Å²) in [6.45, 7) is 3.65. The second-order valence-corrected chi connectivity index (χ2v) is 6.38. The zero-order valence-electron chi connectivity index (χ0n) is 14.0. The molecule has 0 unspecified atom stereocenters. The molecule has 128 valence electrons. The number of aromatic nitrogens is 3. The van der Waals surface area contributed by atoms with Gasteiger partial charge in [-0.1, -0.05) is 19.8 Å². The van der Waals surface area contributed by atoms with Gasteiger partial charge in [0.1, 0.15) is 18.5 Å². The van der Waals surface area contributed by atoms with Crippen LogP contribution in [0.15, 0.2) is 6.33 Å². The molecule has 2 atom stereocenters. The van der Waals surface area contributed by atoms with Gasteiger partial charge in [0.2, 0.25) is 0 Å².